The predicted molar refractivity (Wildman–Crippen MR) is 107 cm³/mol. The van der Waals surface area contributed by atoms with Crippen molar-refractivity contribution >= 4 is 21.7 Å². The van der Waals surface area contributed by atoms with E-state index in [1.165, 1.54) is 4.31 Å². The van der Waals surface area contributed by atoms with Crippen molar-refractivity contribution < 1.29 is 17.9 Å². The molecule has 1 aliphatic rings. The maximum Gasteiger partial charge on any atom is 0.263 e. The van der Waals surface area contributed by atoms with Crippen molar-refractivity contribution in [2.45, 2.75) is 24.9 Å². The molecular weight excluding hydrogens is 392 g/mol. The number of ether oxygens (including phenoxy) is 1. The number of fused-ring (bicyclic) bond motifs is 1. The van der Waals surface area contributed by atoms with E-state index in [1.54, 1.807) is 43.3 Å². The van der Waals surface area contributed by atoms with E-state index in [0.29, 0.717) is 28.4 Å². The monoisotopic (exact) mass is 412 g/mol. The second kappa shape index (κ2) is 7.69. The first kappa shape index (κ1) is 19.2. The van der Waals surface area contributed by atoms with Crippen molar-refractivity contribution in [3.8, 4) is 5.75 Å². The van der Waals surface area contributed by atoms with E-state index in [0.717, 1.165) is 0 Å². The van der Waals surface area contributed by atoms with Crippen LogP contribution in [0.2, 0.25) is 0 Å². The van der Waals surface area contributed by atoms with Crippen LogP contribution in [0.15, 0.2) is 59.5 Å². The maximum absolute atomic E-state index is 13.0. The van der Waals surface area contributed by atoms with Crippen LogP contribution in [0.1, 0.15) is 16.8 Å². The predicted octanol–water partition coefficient (Wildman–Crippen LogP) is 2.44. The lowest BCUT2D eigenvalue weighted by atomic mass is 10.2. The summed E-state index contributed by atoms with van der Waals surface area (Å²) in [4.78, 5) is 12.5. The summed E-state index contributed by atoms with van der Waals surface area (Å²) in [6.07, 6.45) is 0. The number of hydrogen-bond acceptors (Lipinski definition) is 5. The highest BCUT2D eigenvalue weighted by Crippen LogP contribution is 2.32. The SMILES string of the molecule is Cc1ccccc1S(=O)(=O)N1Cc2n[nH]c(NC(=O)COc3ccccc3)c2C1. The number of carbonyl (C=O) groups excluding carboxylic acids is 1. The Bertz CT molecular complexity index is 1140. The number of aromatic amines is 1. The third-order valence-electron chi connectivity index (χ3n) is 4.70. The Morgan fingerprint density at radius 2 is 1.86 bits per heavy atom. The highest BCUT2D eigenvalue weighted by Gasteiger charge is 2.35. The number of rotatable bonds is 6. The zero-order valence-corrected chi connectivity index (χ0v) is 16.6. The van der Waals surface area contributed by atoms with Gasteiger partial charge in [-0.2, -0.15) is 9.40 Å². The fraction of sp³-hybridized carbons (Fsp3) is 0.200. The molecule has 0 saturated carbocycles. The largest absolute Gasteiger partial charge is 0.484 e. The first-order valence-electron chi connectivity index (χ1n) is 9.05. The highest BCUT2D eigenvalue weighted by molar-refractivity contribution is 7.89. The minimum Gasteiger partial charge on any atom is -0.484 e. The Kier molecular flexibility index (Phi) is 5.08. The average molecular weight is 412 g/mol. The molecule has 0 atom stereocenters. The molecule has 0 aliphatic carbocycles. The minimum absolute atomic E-state index is 0.137. The van der Waals surface area contributed by atoms with Gasteiger partial charge in [0.15, 0.2) is 6.61 Å². The molecule has 2 aromatic carbocycles. The van der Waals surface area contributed by atoms with Gasteiger partial charge in [0.1, 0.15) is 11.6 Å². The topological polar surface area (TPSA) is 104 Å². The molecule has 1 amide bonds. The van der Waals surface area contributed by atoms with Crippen molar-refractivity contribution in [1.82, 2.24) is 14.5 Å². The number of H-pyrrole nitrogens is 1. The zero-order chi connectivity index (χ0) is 20.4. The number of anilines is 1. The Labute approximate surface area is 168 Å². The van der Waals surface area contributed by atoms with Crippen LogP contribution in [-0.2, 0) is 27.9 Å². The molecule has 9 heteroatoms. The van der Waals surface area contributed by atoms with Crippen LogP contribution < -0.4 is 10.1 Å². The lowest BCUT2D eigenvalue weighted by molar-refractivity contribution is -0.118. The average Bonchev–Trinajstić information content (AvgIpc) is 3.30. The first-order chi connectivity index (χ1) is 13.9. The van der Waals surface area contributed by atoms with E-state index in [2.05, 4.69) is 15.5 Å². The number of nitrogens with zero attached hydrogens (tertiary/aromatic N) is 2. The Balaban J connectivity index is 1.44. The summed E-state index contributed by atoms with van der Waals surface area (Å²) in [5.74, 6) is 0.623. The van der Waals surface area contributed by atoms with Gasteiger partial charge >= 0.3 is 0 Å². The lowest BCUT2D eigenvalue weighted by Gasteiger charge is -2.17. The summed E-state index contributed by atoms with van der Waals surface area (Å²) < 4.78 is 32.8. The fourth-order valence-corrected chi connectivity index (χ4v) is 4.80. The Hall–Kier alpha value is -3.17. The summed E-state index contributed by atoms with van der Waals surface area (Å²) in [5.41, 5.74) is 1.95. The molecule has 0 spiro atoms. The normalized spacial score (nSPS) is 13.8. The van der Waals surface area contributed by atoms with E-state index in [4.69, 9.17) is 4.74 Å². The number of carbonyl (C=O) groups is 1. The maximum atomic E-state index is 13.0. The molecule has 4 rings (SSSR count). The molecule has 0 fully saturated rings. The van der Waals surface area contributed by atoms with Gasteiger partial charge in [0, 0.05) is 12.1 Å². The van der Waals surface area contributed by atoms with E-state index in [9.17, 15) is 13.2 Å². The molecule has 0 bridgehead atoms. The number of aryl methyl sites for hydroxylation is 1. The summed E-state index contributed by atoms with van der Waals surface area (Å²) in [6.45, 7) is 1.89. The van der Waals surface area contributed by atoms with E-state index >= 15 is 0 Å². The van der Waals surface area contributed by atoms with Gasteiger partial charge in [-0.3, -0.25) is 9.89 Å². The Morgan fingerprint density at radius 3 is 2.62 bits per heavy atom. The number of nitrogens with one attached hydrogen (secondary N) is 2. The molecule has 1 aromatic heterocycles. The van der Waals surface area contributed by atoms with E-state index in [1.807, 2.05) is 18.2 Å². The van der Waals surface area contributed by atoms with Crippen molar-refractivity contribution in [3.05, 3.63) is 71.4 Å². The van der Waals surface area contributed by atoms with Gasteiger partial charge in [0.25, 0.3) is 5.91 Å². The van der Waals surface area contributed by atoms with Crippen molar-refractivity contribution in [3.63, 3.8) is 0 Å². The number of benzene rings is 2. The van der Waals surface area contributed by atoms with Crippen molar-refractivity contribution in [2.75, 3.05) is 11.9 Å². The van der Waals surface area contributed by atoms with E-state index < -0.39 is 10.0 Å². The Morgan fingerprint density at radius 1 is 1.14 bits per heavy atom. The minimum atomic E-state index is -3.66. The van der Waals surface area contributed by atoms with Gasteiger partial charge in [-0.15, -0.1) is 0 Å². The zero-order valence-electron chi connectivity index (χ0n) is 15.8. The number of sulfonamides is 1. The molecule has 0 unspecified atom stereocenters. The summed E-state index contributed by atoms with van der Waals surface area (Å²) >= 11 is 0. The molecule has 2 N–H and O–H groups in total. The van der Waals surface area contributed by atoms with Crippen LogP contribution in [0.5, 0.6) is 5.75 Å². The standard InChI is InChI=1S/C20H20N4O4S/c1-14-7-5-6-10-18(14)29(26,27)24-11-16-17(12-24)22-23-20(16)21-19(25)13-28-15-8-3-2-4-9-15/h2-10H,11-13H2,1H3,(H2,21,22,23,25). The molecule has 2 heterocycles. The second-order valence-corrected chi connectivity index (χ2v) is 8.62. The number of para-hydroxylation sites is 1. The van der Waals surface area contributed by atoms with Gasteiger partial charge in [0.05, 0.1) is 17.1 Å². The van der Waals surface area contributed by atoms with E-state index in [-0.39, 0.29) is 30.5 Å². The van der Waals surface area contributed by atoms with Crippen LogP contribution >= 0.6 is 0 Å². The quantitative estimate of drug-likeness (QED) is 0.647. The molecule has 3 aromatic rings. The molecule has 150 valence electrons. The highest BCUT2D eigenvalue weighted by atomic mass is 32.2. The summed E-state index contributed by atoms with van der Waals surface area (Å²) in [7, 11) is -3.66. The van der Waals surface area contributed by atoms with Crippen LogP contribution in [0.25, 0.3) is 0 Å². The smallest absolute Gasteiger partial charge is 0.263 e. The van der Waals surface area contributed by atoms with Gasteiger partial charge in [-0.1, -0.05) is 36.4 Å². The van der Waals surface area contributed by atoms with Crippen molar-refractivity contribution in [1.29, 1.82) is 0 Å². The summed E-state index contributed by atoms with van der Waals surface area (Å²) in [6, 6.07) is 15.9. The molecule has 29 heavy (non-hydrogen) atoms. The fourth-order valence-electron chi connectivity index (χ4n) is 3.20. The van der Waals surface area contributed by atoms with Crippen LogP contribution in [0.4, 0.5) is 5.82 Å². The first-order valence-corrected chi connectivity index (χ1v) is 10.5. The third-order valence-corrected chi connectivity index (χ3v) is 6.65. The van der Waals surface area contributed by atoms with Crippen LogP contribution in [0, 0.1) is 6.92 Å². The number of aromatic nitrogens is 2. The second-order valence-electron chi connectivity index (χ2n) is 6.71. The molecule has 0 radical (unpaired) electrons. The third kappa shape index (κ3) is 3.87. The van der Waals surface area contributed by atoms with Crippen molar-refractivity contribution in [2.24, 2.45) is 0 Å². The van der Waals surface area contributed by atoms with Gasteiger partial charge in [-0.05, 0) is 30.7 Å². The van der Waals surface area contributed by atoms with Crippen LogP contribution in [0.3, 0.4) is 0 Å². The molecule has 0 saturated heterocycles. The molecule has 1 aliphatic heterocycles. The lowest BCUT2D eigenvalue weighted by Crippen LogP contribution is -2.27. The summed E-state index contributed by atoms with van der Waals surface area (Å²) in [5, 5.41) is 9.64. The van der Waals surface area contributed by atoms with Gasteiger partial charge in [0.2, 0.25) is 10.0 Å². The van der Waals surface area contributed by atoms with Gasteiger partial charge in [-0.25, -0.2) is 8.42 Å². The molecular formula is C20H20N4O4S. The van der Waals surface area contributed by atoms with Crippen LogP contribution in [-0.4, -0.2) is 35.4 Å². The molecule has 8 nitrogen and oxygen atoms in total. The number of amides is 1. The number of hydrogen-bond donors (Lipinski definition) is 2. The van der Waals surface area contributed by atoms with Gasteiger partial charge < -0.3 is 10.1 Å².